The smallest absolute Gasteiger partial charge is 0.310 e. The lowest BCUT2D eigenvalue weighted by atomic mass is 9.61. The molecule has 0 saturated heterocycles. The summed E-state index contributed by atoms with van der Waals surface area (Å²) in [5.41, 5.74) is 0.912. The molecule has 0 aromatic rings. The van der Waals surface area contributed by atoms with Crippen LogP contribution in [0.2, 0.25) is 0 Å². The Balaban J connectivity index is 1.99. The molecule has 0 aromatic heterocycles. The van der Waals surface area contributed by atoms with Gasteiger partial charge in [0.2, 0.25) is 0 Å². The molecule has 3 aliphatic carbocycles. The van der Waals surface area contributed by atoms with E-state index in [9.17, 15) is 14.7 Å². The van der Waals surface area contributed by atoms with E-state index in [0.717, 1.165) is 31.3 Å². The van der Waals surface area contributed by atoms with Gasteiger partial charge in [0, 0.05) is 5.92 Å². The zero-order chi connectivity index (χ0) is 12.7. The first kappa shape index (κ1) is 11.7. The molecule has 18 heavy (non-hydrogen) atoms. The fraction of sp³-hybridized carbons (Fsp3) is 0.600. The Hall–Kier alpha value is -1.38. The number of carboxylic acid groups (broad SMARTS) is 1. The van der Waals surface area contributed by atoms with Gasteiger partial charge in [-0.2, -0.15) is 0 Å². The third-order valence-electron chi connectivity index (χ3n) is 4.76. The molecule has 96 valence electrons. The molecule has 4 atom stereocenters. The largest absolute Gasteiger partial charge is 0.481 e. The first-order valence-electron chi connectivity index (χ1n) is 6.83. The van der Waals surface area contributed by atoms with Crippen LogP contribution in [-0.4, -0.2) is 16.9 Å². The zero-order valence-corrected chi connectivity index (χ0v) is 10.3. The van der Waals surface area contributed by atoms with Gasteiger partial charge in [0.15, 0.2) is 5.78 Å². The van der Waals surface area contributed by atoms with Crippen molar-refractivity contribution in [3.63, 3.8) is 0 Å². The summed E-state index contributed by atoms with van der Waals surface area (Å²) in [6.45, 7) is 0. The van der Waals surface area contributed by atoms with Crippen LogP contribution in [0.4, 0.5) is 0 Å². The maximum absolute atomic E-state index is 12.1. The molecule has 0 aromatic carbocycles. The Kier molecular flexibility index (Phi) is 2.84. The predicted molar refractivity (Wildman–Crippen MR) is 66.9 cm³/mol. The highest BCUT2D eigenvalue weighted by Crippen LogP contribution is 2.47. The van der Waals surface area contributed by atoms with Crippen LogP contribution in [0.3, 0.4) is 0 Å². The Morgan fingerprint density at radius 1 is 1.28 bits per heavy atom. The summed E-state index contributed by atoms with van der Waals surface area (Å²) < 4.78 is 0. The number of aliphatic carboxylic acids is 1. The third kappa shape index (κ3) is 1.73. The second-order valence-corrected chi connectivity index (χ2v) is 5.67. The molecule has 3 nitrogen and oxygen atoms in total. The van der Waals surface area contributed by atoms with E-state index in [1.165, 1.54) is 0 Å². The van der Waals surface area contributed by atoms with Crippen molar-refractivity contribution in [1.29, 1.82) is 0 Å². The highest BCUT2D eigenvalue weighted by atomic mass is 16.4. The zero-order valence-electron chi connectivity index (χ0n) is 10.3. The highest BCUT2D eigenvalue weighted by Gasteiger charge is 2.44. The standard InChI is InChI=1S/C15H18O3/c16-14-8-13-10(6-3-7-12(13)15(17)18)9-4-1-2-5-11(9)14/h2,5,8-12H,1,3-4,6-7H2,(H,17,18). The second kappa shape index (κ2) is 4.38. The van der Waals surface area contributed by atoms with Crippen molar-refractivity contribution >= 4 is 11.8 Å². The summed E-state index contributed by atoms with van der Waals surface area (Å²) in [6.07, 6.45) is 10.6. The maximum Gasteiger partial charge on any atom is 0.310 e. The van der Waals surface area contributed by atoms with Gasteiger partial charge in [-0.3, -0.25) is 9.59 Å². The number of allylic oxidation sites excluding steroid dienone is 3. The second-order valence-electron chi connectivity index (χ2n) is 5.67. The van der Waals surface area contributed by atoms with Gasteiger partial charge in [0.25, 0.3) is 0 Å². The molecule has 0 bridgehead atoms. The van der Waals surface area contributed by atoms with Crippen molar-refractivity contribution in [3.8, 4) is 0 Å². The number of hydrogen-bond donors (Lipinski definition) is 1. The number of carbonyl (C=O) groups is 2. The molecule has 0 radical (unpaired) electrons. The maximum atomic E-state index is 12.1. The summed E-state index contributed by atoms with van der Waals surface area (Å²) in [5.74, 6) is -0.365. The van der Waals surface area contributed by atoms with Crippen LogP contribution in [0.5, 0.6) is 0 Å². The van der Waals surface area contributed by atoms with Gasteiger partial charge in [0.05, 0.1) is 5.92 Å². The SMILES string of the molecule is O=C(O)C1CCCC2C1=CC(=O)C1C=CCCC12. The minimum Gasteiger partial charge on any atom is -0.481 e. The Morgan fingerprint density at radius 3 is 2.89 bits per heavy atom. The topological polar surface area (TPSA) is 54.4 Å². The molecule has 0 heterocycles. The molecule has 3 rings (SSSR count). The molecule has 1 saturated carbocycles. The van der Waals surface area contributed by atoms with Crippen LogP contribution < -0.4 is 0 Å². The van der Waals surface area contributed by atoms with Gasteiger partial charge < -0.3 is 5.11 Å². The molecule has 1 fully saturated rings. The van der Waals surface area contributed by atoms with E-state index in [1.807, 2.05) is 6.08 Å². The summed E-state index contributed by atoms with van der Waals surface area (Å²) >= 11 is 0. The fourth-order valence-electron chi connectivity index (χ4n) is 3.94. The molecule has 0 amide bonds. The van der Waals surface area contributed by atoms with E-state index >= 15 is 0 Å². The van der Waals surface area contributed by atoms with Crippen molar-refractivity contribution in [2.24, 2.45) is 23.7 Å². The summed E-state index contributed by atoms with van der Waals surface area (Å²) in [6, 6.07) is 0. The summed E-state index contributed by atoms with van der Waals surface area (Å²) in [7, 11) is 0. The monoisotopic (exact) mass is 246 g/mol. The highest BCUT2D eigenvalue weighted by molar-refractivity contribution is 5.96. The van der Waals surface area contributed by atoms with E-state index in [4.69, 9.17) is 0 Å². The van der Waals surface area contributed by atoms with Gasteiger partial charge in [-0.15, -0.1) is 0 Å². The lowest BCUT2D eigenvalue weighted by Gasteiger charge is -2.42. The van der Waals surface area contributed by atoms with Gasteiger partial charge in [0.1, 0.15) is 0 Å². The van der Waals surface area contributed by atoms with Gasteiger partial charge in [-0.05, 0) is 49.2 Å². The van der Waals surface area contributed by atoms with E-state index in [1.54, 1.807) is 6.08 Å². The molecule has 3 aliphatic rings. The van der Waals surface area contributed by atoms with Gasteiger partial charge in [-0.1, -0.05) is 18.6 Å². The molecule has 4 unspecified atom stereocenters. The Labute approximate surface area is 107 Å². The molecule has 1 N–H and O–H groups in total. The lowest BCUT2D eigenvalue weighted by molar-refractivity contribution is -0.141. The van der Waals surface area contributed by atoms with Gasteiger partial charge in [-0.25, -0.2) is 0 Å². The number of carbonyl (C=O) groups excluding carboxylic acids is 1. The van der Waals surface area contributed by atoms with Crippen molar-refractivity contribution < 1.29 is 14.7 Å². The van der Waals surface area contributed by atoms with Crippen molar-refractivity contribution in [1.82, 2.24) is 0 Å². The van der Waals surface area contributed by atoms with Crippen molar-refractivity contribution in [2.45, 2.75) is 32.1 Å². The van der Waals surface area contributed by atoms with Gasteiger partial charge >= 0.3 is 5.97 Å². The summed E-state index contributed by atoms with van der Waals surface area (Å²) in [4.78, 5) is 23.4. The molecule has 3 heteroatoms. The molecule has 0 aliphatic heterocycles. The van der Waals surface area contributed by atoms with Crippen LogP contribution in [0.25, 0.3) is 0 Å². The van der Waals surface area contributed by atoms with Crippen LogP contribution in [0.15, 0.2) is 23.8 Å². The van der Waals surface area contributed by atoms with Crippen molar-refractivity contribution in [3.05, 3.63) is 23.8 Å². The molecular formula is C15H18O3. The van der Waals surface area contributed by atoms with E-state index in [-0.39, 0.29) is 11.7 Å². The van der Waals surface area contributed by atoms with Crippen molar-refractivity contribution in [2.75, 3.05) is 0 Å². The first-order chi connectivity index (χ1) is 8.68. The third-order valence-corrected chi connectivity index (χ3v) is 4.76. The number of fused-ring (bicyclic) bond motifs is 3. The predicted octanol–water partition coefficient (Wildman–Crippen LogP) is 2.58. The minimum atomic E-state index is -0.761. The number of rotatable bonds is 1. The average molecular weight is 246 g/mol. The van der Waals surface area contributed by atoms with E-state index < -0.39 is 11.9 Å². The minimum absolute atomic E-state index is 0.0139. The van der Waals surface area contributed by atoms with Crippen LogP contribution in [0.1, 0.15) is 32.1 Å². The molecule has 0 spiro atoms. The quantitative estimate of drug-likeness (QED) is 0.723. The van der Waals surface area contributed by atoms with Crippen LogP contribution in [0, 0.1) is 23.7 Å². The lowest BCUT2D eigenvalue weighted by Crippen LogP contribution is -2.40. The normalized spacial score (nSPS) is 38.7. The van der Waals surface area contributed by atoms with E-state index in [0.29, 0.717) is 18.3 Å². The Morgan fingerprint density at radius 2 is 2.11 bits per heavy atom. The number of ketones is 1. The summed E-state index contributed by atoms with van der Waals surface area (Å²) in [5, 5.41) is 9.29. The van der Waals surface area contributed by atoms with E-state index in [2.05, 4.69) is 6.08 Å². The number of carboxylic acids is 1. The number of hydrogen-bond acceptors (Lipinski definition) is 2. The first-order valence-corrected chi connectivity index (χ1v) is 6.83. The van der Waals surface area contributed by atoms with Crippen LogP contribution in [-0.2, 0) is 9.59 Å². The van der Waals surface area contributed by atoms with Crippen LogP contribution >= 0.6 is 0 Å². The average Bonchev–Trinajstić information content (AvgIpc) is 2.38. The fourth-order valence-corrected chi connectivity index (χ4v) is 3.94. The Bertz CT molecular complexity index is 447. The molecular weight excluding hydrogens is 228 g/mol.